The van der Waals surface area contributed by atoms with Crippen molar-refractivity contribution in [1.29, 1.82) is 0 Å². The molecule has 3 rings (SSSR count). The Morgan fingerprint density at radius 1 is 1.24 bits per heavy atom. The highest BCUT2D eigenvalue weighted by atomic mass is 16.4. The molecule has 0 saturated heterocycles. The lowest BCUT2D eigenvalue weighted by molar-refractivity contribution is 0.0660. The quantitative estimate of drug-likeness (QED) is 0.796. The Morgan fingerprint density at radius 3 is 2.67 bits per heavy atom. The third kappa shape index (κ3) is 2.69. The molecule has 1 aromatic carbocycles. The van der Waals surface area contributed by atoms with Gasteiger partial charge in [0.15, 0.2) is 0 Å². The number of hydrogen-bond donors (Lipinski definition) is 1. The molecule has 0 bridgehead atoms. The van der Waals surface area contributed by atoms with Crippen molar-refractivity contribution in [2.24, 2.45) is 0 Å². The molecule has 0 fully saturated rings. The summed E-state index contributed by atoms with van der Waals surface area (Å²) < 4.78 is 6.92. The maximum Gasteiger partial charge on any atom is 0.371 e. The number of nitrogens with zero attached hydrogens (tertiary/aromatic N) is 3. The molecule has 3 aromatic rings. The largest absolute Gasteiger partial charge is 0.475 e. The van der Waals surface area contributed by atoms with E-state index in [9.17, 15) is 4.79 Å². The van der Waals surface area contributed by atoms with Gasteiger partial charge < -0.3 is 9.52 Å². The van der Waals surface area contributed by atoms with E-state index in [2.05, 4.69) is 10.3 Å². The molecule has 0 aliphatic carbocycles. The molecular weight excluding hydrogens is 270 g/mol. The molecule has 0 radical (unpaired) electrons. The van der Waals surface area contributed by atoms with Crippen LogP contribution >= 0.6 is 0 Å². The SMILES string of the molecule is Cc1ccc(-c2cnnn2Cc2ccc(C(=O)O)o2)cc1. The van der Waals surface area contributed by atoms with Crippen LogP contribution in [0.2, 0.25) is 0 Å². The lowest BCUT2D eigenvalue weighted by Gasteiger charge is -2.05. The van der Waals surface area contributed by atoms with Crippen LogP contribution in [0.1, 0.15) is 21.9 Å². The summed E-state index contributed by atoms with van der Waals surface area (Å²) in [7, 11) is 0. The minimum atomic E-state index is -1.08. The van der Waals surface area contributed by atoms with E-state index in [-0.39, 0.29) is 5.76 Å². The minimum absolute atomic E-state index is 0.0815. The van der Waals surface area contributed by atoms with Gasteiger partial charge in [0, 0.05) is 5.56 Å². The standard InChI is InChI=1S/C15H13N3O3/c1-10-2-4-11(5-3-10)13-8-16-17-18(13)9-12-6-7-14(21-12)15(19)20/h2-8H,9H2,1H3,(H,19,20). The van der Waals surface area contributed by atoms with Crippen LogP contribution in [0.25, 0.3) is 11.3 Å². The van der Waals surface area contributed by atoms with Crippen LogP contribution < -0.4 is 0 Å². The van der Waals surface area contributed by atoms with E-state index in [0.29, 0.717) is 12.3 Å². The fourth-order valence-corrected chi connectivity index (χ4v) is 2.05. The zero-order valence-corrected chi connectivity index (χ0v) is 11.4. The van der Waals surface area contributed by atoms with Crippen LogP contribution in [0, 0.1) is 6.92 Å². The molecule has 6 heteroatoms. The topological polar surface area (TPSA) is 81.2 Å². The van der Waals surface area contributed by atoms with Gasteiger partial charge >= 0.3 is 5.97 Å². The Morgan fingerprint density at radius 2 is 2.00 bits per heavy atom. The fourth-order valence-electron chi connectivity index (χ4n) is 2.05. The number of carboxylic acids is 1. The first kappa shape index (κ1) is 13.1. The van der Waals surface area contributed by atoms with Gasteiger partial charge in [-0.1, -0.05) is 35.0 Å². The summed E-state index contributed by atoms with van der Waals surface area (Å²) >= 11 is 0. The van der Waals surface area contributed by atoms with E-state index in [1.807, 2.05) is 31.2 Å². The number of hydrogen-bond acceptors (Lipinski definition) is 4. The second-order valence-electron chi connectivity index (χ2n) is 4.71. The maximum atomic E-state index is 10.8. The molecule has 0 amide bonds. The van der Waals surface area contributed by atoms with E-state index >= 15 is 0 Å². The summed E-state index contributed by atoms with van der Waals surface area (Å²) in [4.78, 5) is 10.8. The number of aromatic carboxylic acids is 1. The number of aromatic nitrogens is 3. The van der Waals surface area contributed by atoms with E-state index in [1.54, 1.807) is 16.9 Å². The lowest BCUT2D eigenvalue weighted by Crippen LogP contribution is -2.03. The highest BCUT2D eigenvalue weighted by Crippen LogP contribution is 2.20. The van der Waals surface area contributed by atoms with Gasteiger partial charge in [0.1, 0.15) is 12.3 Å². The van der Waals surface area contributed by atoms with Crippen molar-refractivity contribution in [1.82, 2.24) is 15.0 Å². The van der Waals surface area contributed by atoms with Crippen LogP contribution in [0.3, 0.4) is 0 Å². The first-order valence-electron chi connectivity index (χ1n) is 6.41. The Bertz CT molecular complexity index is 772. The highest BCUT2D eigenvalue weighted by Gasteiger charge is 2.12. The summed E-state index contributed by atoms with van der Waals surface area (Å²) in [6.45, 7) is 2.35. The highest BCUT2D eigenvalue weighted by molar-refractivity contribution is 5.84. The van der Waals surface area contributed by atoms with Crippen LogP contribution in [-0.4, -0.2) is 26.1 Å². The first-order chi connectivity index (χ1) is 10.1. The molecule has 0 atom stereocenters. The van der Waals surface area contributed by atoms with Gasteiger partial charge in [-0.3, -0.25) is 0 Å². The van der Waals surface area contributed by atoms with Gasteiger partial charge in [0.05, 0.1) is 11.9 Å². The molecule has 21 heavy (non-hydrogen) atoms. The molecule has 1 N–H and O–H groups in total. The van der Waals surface area contributed by atoms with Crippen molar-refractivity contribution in [2.75, 3.05) is 0 Å². The van der Waals surface area contributed by atoms with Crippen LogP contribution in [0.15, 0.2) is 47.0 Å². The van der Waals surface area contributed by atoms with Gasteiger partial charge in [-0.15, -0.1) is 5.10 Å². The first-order valence-corrected chi connectivity index (χ1v) is 6.41. The zero-order chi connectivity index (χ0) is 14.8. The van der Waals surface area contributed by atoms with E-state index in [0.717, 1.165) is 11.3 Å². The number of carboxylic acid groups (broad SMARTS) is 1. The Hall–Kier alpha value is -2.89. The number of carbonyl (C=O) groups is 1. The summed E-state index contributed by atoms with van der Waals surface area (Å²) in [5, 5.41) is 16.8. The molecule has 0 unspecified atom stereocenters. The molecule has 0 aliphatic heterocycles. The van der Waals surface area contributed by atoms with Gasteiger partial charge in [0.25, 0.3) is 0 Å². The molecule has 6 nitrogen and oxygen atoms in total. The van der Waals surface area contributed by atoms with E-state index in [1.165, 1.54) is 11.6 Å². The molecule has 2 aromatic heterocycles. The molecule has 2 heterocycles. The van der Waals surface area contributed by atoms with Crippen molar-refractivity contribution in [3.05, 3.63) is 59.7 Å². The number of benzene rings is 1. The molecule has 0 saturated carbocycles. The van der Waals surface area contributed by atoms with Crippen molar-refractivity contribution in [2.45, 2.75) is 13.5 Å². The van der Waals surface area contributed by atoms with Crippen molar-refractivity contribution < 1.29 is 14.3 Å². The lowest BCUT2D eigenvalue weighted by atomic mass is 10.1. The summed E-state index contributed by atoms with van der Waals surface area (Å²) in [6.07, 6.45) is 1.67. The third-order valence-electron chi connectivity index (χ3n) is 3.14. The monoisotopic (exact) mass is 283 g/mol. The average Bonchev–Trinajstić information content (AvgIpc) is 3.10. The number of furan rings is 1. The summed E-state index contributed by atoms with van der Waals surface area (Å²) in [6, 6.07) is 11.1. The number of rotatable bonds is 4. The molecule has 0 spiro atoms. The Labute approximate surface area is 120 Å². The molecule has 106 valence electrons. The second kappa shape index (κ2) is 5.24. The Kier molecular flexibility index (Phi) is 3.27. The zero-order valence-electron chi connectivity index (χ0n) is 11.4. The summed E-state index contributed by atoms with van der Waals surface area (Å²) in [5.41, 5.74) is 3.02. The smallest absolute Gasteiger partial charge is 0.371 e. The molecular formula is C15H13N3O3. The van der Waals surface area contributed by atoms with Crippen LogP contribution in [-0.2, 0) is 6.54 Å². The fraction of sp³-hybridized carbons (Fsp3) is 0.133. The predicted octanol–water partition coefficient (Wildman–Crippen LogP) is 2.59. The van der Waals surface area contributed by atoms with Crippen LogP contribution in [0.5, 0.6) is 0 Å². The van der Waals surface area contributed by atoms with E-state index < -0.39 is 5.97 Å². The van der Waals surface area contributed by atoms with Crippen LogP contribution in [0.4, 0.5) is 0 Å². The average molecular weight is 283 g/mol. The Balaban J connectivity index is 1.88. The maximum absolute atomic E-state index is 10.8. The minimum Gasteiger partial charge on any atom is -0.475 e. The van der Waals surface area contributed by atoms with Gasteiger partial charge in [-0.05, 0) is 19.1 Å². The van der Waals surface area contributed by atoms with Gasteiger partial charge in [-0.2, -0.15) is 0 Å². The van der Waals surface area contributed by atoms with Crippen molar-refractivity contribution >= 4 is 5.97 Å². The van der Waals surface area contributed by atoms with Crippen molar-refractivity contribution in [3.8, 4) is 11.3 Å². The van der Waals surface area contributed by atoms with Crippen molar-refractivity contribution in [3.63, 3.8) is 0 Å². The number of aryl methyl sites for hydroxylation is 1. The van der Waals surface area contributed by atoms with Gasteiger partial charge in [-0.25, -0.2) is 9.48 Å². The second-order valence-corrected chi connectivity index (χ2v) is 4.71. The van der Waals surface area contributed by atoms with E-state index in [4.69, 9.17) is 9.52 Å². The third-order valence-corrected chi connectivity index (χ3v) is 3.14. The van der Waals surface area contributed by atoms with Gasteiger partial charge in [0.2, 0.25) is 5.76 Å². The summed E-state index contributed by atoms with van der Waals surface area (Å²) in [5.74, 6) is -0.646. The molecule has 0 aliphatic rings. The normalized spacial score (nSPS) is 10.7. The predicted molar refractivity (Wildman–Crippen MR) is 75.0 cm³/mol.